The SMILES string of the molecule is CCCCCCCCCCCCCC/C=C/C(O)C(COC1OC(CO)C(O)C(O)C1O)NC(=O)CCCCCCCCC/C=C\CCCCCCCCOC(=O)CCCCCCCCCCCCC. The van der Waals surface area contributed by atoms with Crippen LogP contribution in [0, 0.1) is 0 Å². The number of aliphatic hydroxyl groups excluding tert-OH is 5. The van der Waals surface area contributed by atoms with Crippen molar-refractivity contribution in [2.24, 2.45) is 0 Å². The van der Waals surface area contributed by atoms with Crippen LogP contribution in [0.3, 0.4) is 0 Å². The minimum absolute atomic E-state index is 0.0188. The van der Waals surface area contributed by atoms with Crippen LogP contribution in [0.15, 0.2) is 24.3 Å². The number of nitrogens with one attached hydrogen (secondary N) is 1. The molecule has 7 atom stereocenters. The standard InChI is InChI=1S/C59H111NO10/c1-3-5-7-9-11-13-15-16-22-26-29-33-37-41-45-52(62)51(50-69-59-58(67)57(66)56(65)53(49-61)70-59)60-54(63)46-42-38-34-30-27-23-20-18-17-19-21-24-28-32-36-40-44-48-68-55(64)47-43-39-35-31-25-14-12-10-8-6-4-2/h17,19,41,45,51-53,56-59,61-62,65-67H,3-16,18,20-40,42-44,46-50H2,1-2H3,(H,60,63)/b19-17-,45-41+. The maximum atomic E-state index is 13.0. The van der Waals surface area contributed by atoms with Crippen molar-refractivity contribution in [3.05, 3.63) is 24.3 Å². The van der Waals surface area contributed by atoms with Crippen LogP contribution >= 0.6 is 0 Å². The van der Waals surface area contributed by atoms with E-state index in [1.54, 1.807) is 6.08 Å². The summed E-state index contributed by atoms with van der Waals surface area (Å²) in [6.07, 6.45) is 48.2. The van der Waals surface area contributed by atoms with Gasteiger partial charge in [0.05, 0.1) is 32.0 Å². The van der Waals surface area contributed by atoms with Gasteiger partial charge in [-0.05, 0) is 57.8 Å². The van der Waals surface area contributed by atoms with Crippen LogP contribution in [-0.2, 0) is 23.8 Å². The van der Waals surface area contributed by atoms with E-state index < -0.39 is 49.5 Å². The summed E-state index contributed by atoms with van der Waals surface area (Å²) in [7, 11) is 0. The Labute approximate surface area is 429 Å². The topological polar surface area (TPSA) is 175 Å². The molecule has 0 saturated carbocycles. The molecule has 0 aromatic carbocycles. The molecule has 1 saturated heterocycles. The van der Waals surface area contributed by atoms with E-state index in [-0.39, 0.29) is 18.5 Å². The number of rotatable bonds is 51. The fraction of sp³-hybridized carbons (Fsp3) is 0.898. The second kappa shape index (κ2) is 49.4. The number of carbonyl (C=O) groups excluding carboxylic acids is 2. The summed E-state index contributed by atoms with van der Waals surface area (Å²) in [5.41, 5.74) is 0. The van der Waals surface area contributed by atoms with Crippen LogP contribution in [0.2, 0.25) is 0 Å². The first-order valence-corrected chi connectivity index (χ1v) is 29.6. The zero-order valence-corrected chi connectivity index (χ0v) is 45.2. The molecule has 1 aliphatic heterocycles. The lowest BCUT2D eigenvalue weighted by atomic mass is 9.99. The molecule has 1 heterocycles. The molecule has 0 radical (unpaired) electrons. The molecule has 6 N–H and O–H groups in total. The molecule has 1 rings (SSSR count). The molecule has 1 aliphatic rings. The fourth-order valence-electron chi connectivity index (χ4n) is 9.31. The summed E-state index contributed by atoms with van der Waals surface area (Å²) in [6, 6.07) is -0.818. The van der Waals surface area contributed by atoms with Gasteiger partial charge in [0.1, 0.15) is 24.4 Å². The predicted molar refractivity (Wildman–Crippen MR) is 288 cm³/mol. The average Bonchev–Trinajstić information content (AvgIpc) is 3.36. The van der Waals surface area contributed by atoms with Gasteiger partial charge in [-0.25, -0.2) is 0 Å². The average molecular weight is 995 g/mol. The second-order valence-corrected chi connectivity index (χ2v) is 20.7. The van der Waals surface area contributed by atoms with Gasteiger partial charge in [-0.2, -0.15) is 0 Å². The molecule has 0 aliphatic carbocycles. The molecule has 11 nitrogen and oxygen atoms in total. The van der Waals surface area contributed by atoms with E-state index in [4.69, 9.17) is 14.2 Å². The first-order chi connectivity index (χ1) is 34.2. The zero-order valence-electron chi connectivity index (χ0n) is 45.2. The minimum Gasteiger partial charge on any atom is -0.466 e. The van der Waals surface area contributed by atoms with Gasteiger partial charge in [0.25, 0.3) is 0 Å². The summed E-state index contributed by atoms with van der Waals surface area (Å²) in [5, 5.41) is 54.4. The highest BCUT2D eigenvalue weighted by Crippen LogP contribution is 2.23. The lowest BCUT2D eigenvalue weighted by Crippen LogP contribution is -2.60. The van der Waals surface area contributed by atoms with Crippen LogP contribution in [0.5, 0.6) is 0 Å². The van der Waals surface area contributed by atoms with E-state index in [1.807, 2.05) is 6.08 Å². The third-order valence-electron chi connectivity index (χ3n) is 14.1. The maximum absolute atomic E-state index is 13.0. The number of hydrogen-bond donors (Lipinski definition) is 6. The summed E-state index contributed by atoms with van der Waals surface area (Å²) in [5.74, 6) is -0.211. The molecule has 0 spiro atoms. The Bertz CT molecular complexity index is 1220. The summed E-state index contributed by atoms with van der Waals surface area (Å²) in [4.78, 5) is 25.1. The molecule has 412 valence electrons. The Morgan fingerprint density at radius 2 is 0.914 bits per heavy atom. The number of unbranched alkanes of at least 4 members (excludes halogenated alkanes) is 35. The smallest absolute Gasteiger partial charge is 0.305 e. The van der Waals surface area contributed by atoms with Crippen molar-refractivity contribution >= 4 is 11.9 Å². The van der Waals surface area contributed by atoms with Crippen LogP contribution < -0.4 is 5.32 Å². The van der Waals surface area contributed by atoms with E-state index in [9.17, 15) is 35.1 Å². The molecule has 0 bridgehead atoms. The van der Waals surface area contributed by atoms with Crippen molar-refractivity contribution in [3.8, 4) is 0 Å². The summed E-state index contributed by atoms with van der Waals surface area (Å²) in [6.45, 7) is 4.32. The van der Waals surface area contributed by atoms with Gasteiger partial charge in [-0.3, -0.25) is 9.59 Å². The molecule has 0 aromatic heterocycles. The van der Waals surface area contributed by atoms with Crippen LogP contribution in [-0.4, -0.2) is 100 Å². The van der Waals surface area contributed by atoms with Crippen molar-refractivity contribution in [3.63, 3.8) is 0 Å². The second-order valence-electron chi connectivity index (χ2n) is 20.7. The van der Waals surface area contributed by atoms with Gasteiger partial charge >= 0.3 is 5.97 Å². The molecule has 70 heavy (non-hydrogen) atoms. The van der Waals surface area contributed by atoms with Crippen molar-refractivity contribution in [1.82, 2.24) is 5.32 Å². The quantitative estimate of drug-likeness (QED) is 0.0195. The lowest BCUT2D eigenvalue weighted by Gasteiger charge is -2.40. The highest BCUT2D eigenvalue weighted by atomic mass is 16.7. The fourth-order valence-corrected chi connectivity index (χ4v) is 9.31. The van der Waals surface area contributed by atoms with Crippen molar-refractivity contribution in [1.29, 1.82) is 0 Å². The monoisotopic (exact) mass is 994 g/mol. The largest absolute Gasteiger partial charge is 0.466 e. The van der Waals surface area contributed by atoms with Crippen molar-refractivity contribution in [2.45, 2.75) is 320 Å². The Hall–Kier alpha value is -1.86. The van der Waals surface area contributed by atoms with Gasteiger partial charge in [0, 0.05) is 12.8 Å². The lowest BCUT2D eigenvalue weighted by molar-refractivity contribution is -0.302. The molecule has 1 amide bonds. The Balaban J connectivity index is 2.14. The summed E-state index contributed by atoms with van der Waals surface area (Å²) >= 11 is 0. The third-order valence-corrected chi connectivity index (χ3v) is 14.1. The number of hydrogen-bond acceptors (Lipinski definition) is 10. The van der Waals surface area contributed by atoms with Crippen LogP contribution in [0.1, 0.15) is 277 Å². The normalized spacial score (nSPS) is 19.3. The number of aliphatic hydroxyl groups is 5. The molecule has 7 unspecified atom stereocenters. The van der Waals surface area contributed by atoms with E-state index in [0.717, 1.165) is 83.5 Å². The van der Waals surface area contributed by atoms with Crippen molar-refractivity contribution in [2.75, 3.05) is 19.8 Å². The summed E-state index contributed by atoms with van der Waals surface area (Å²) < 4.78 is 16.7. The molecule has 0 aromatic rings. The van der Waals surface area contributed by atoms with Crippen molar-refractivity contribution < 1.29 is 49.3 Å². The number of amides is 1. The molecular weight excluding hydrogens is 883 g/mol. The predicted octanol–water partition coefficient (Wildman–Crippen LogP) is 13.3. The van der Waals surface area contributed by atoms with Gasteiger partial charge in [-0.1, -0.05) is 231 Å². The Morgan fingerprint density at radius 1 is 0.514 bits per heavy atom. The highest BCUT2D eigenvalue weighted by Gasteiger charge is 2.44. The van der Waals surface area contributed by atoms with E-state index in [1.165, 1.54) is 167 Å². The first-order valence-electron chi connectivity index (χ1n) is 29.6. The van der Waals surface area contributed by atoms with Crippen LogP contribution in [0.25, 0.3) is 0 Å². The molecular formula is C59H111NO10. The molecule has 1 fully saturated rings. The van der Waals surface area contributed by atoms with Gasteiger partial charge < -0.3 is 45.1 Å². The van der Waals surface area contributed by atoms with Gasteiger partial charge in [0.2, 0.25) is 5.91 Å². The van der Waals surface area contributed by atoms with Gasteiger partial charge in [0.15, 0.2) is 6.29 Å². The zero-order chi connectivity index (χ0) is 51.0. The third kappa shape index (κ3) is 38.7. The number of esters is 1. The van der Waals surface area contributed by atoms with E-state index in [0.29, 0.717) is 19.4 Å². The Kier molecular flexibility index (Phi) is 46.6. The number of allylic oxidation sites excluding steroid dienone is 3. The molecule has 11 heteroatoms. The van der Waals surface area contributed by atoms with E-state index in [2.05, 4.69) is 31.3 Å². The minimum atomic E-state index is -1.57. The van der Waals surface area contributed by atoms with Crippen LogP contribution in [0.4, 0.5) is 0 Å². The first kappa shape index (κ1) is 66.2. The maximum Gasteiger partial charge on any atom is 0.305 e. The van der Waals surface area contributed by atoms with E-state index >= 15 is 0 Å². The number of ether oxygens (including phenoxy) is 3. The Morgan fingerprint density at radius 3 is 1.37 bits per heavy atom. The highest BCUT2D eigenvalue weighted by molar-refractivity contribution is 5.76. The van der Waals surface area contributed by atoms with Gasteiger partial charge in [-0.15, -0.1) is 0 Å². The number of carbonyl (C=O) groups is 2.